The number of amides is 1. The first kappa shape index (κ1) is 24.9. The van der Waals surface area contributed by atoms with Crippen LogP contribution in [0.2, 0.25) is 5.02 Å². The number of hydrazone groups is 1. The average molecular weight is 646 g/mol. The molecule has 3 rings (SSSR count). The van der Waals surface area contributed by atoms with Crippen LogP contribution in [-0.2, 0) is 11.4 Å². The summed E-state index contributed by atoms with van der Waals surface area (Å²) in [6.07, 6.45) is 1.58. The first-order valence-corrected chi connectivity index (χ1v) is 12.6. The lowest BCUT2D eigenvalue weighted by molar-refractivity contribution is -0.118. The monoisotopic (exact) mass is 644 g/mol. The Morgan fingerprint density at radius 1 is 1.19 bits per heavy atom. The van der Waals surface area contributed by atoms with Crippen LogP contribution in [0, 0.1) is 3.57 Å². The summed E-state index contributed by atoms with van der Waals surface area (Å²) >= 11 is 12.9. The van der Waals surface area contributed by atoms with Crippen molar-refractivity contribution in [2.75, 3.05) is 12.9 Å². The molecule has 0 saturated heterocycles. The summed E-state index contributed by atoms with van der Waals surface area (Å²) < 4.78 is 13.4. The van der Waals surface area contributed by atoms with E-state index in [1.807, 2.05) is 48.5 Å². The lowest BCUT2D eigenvalue weighted by atomic mass is 10.2. The molecule has 32 heavy (non-hydrogen) atoms. The molecule has 0 heterocycles. The van der Waals surface area contributed by atoms with Crippen molar-refractivity contribution in [3.05, 3.63) is 84.9 Å². The molecule has 3 aromatic carbocycles. The molecule has 0 unspecified atom stereocenters. The molecule has 0 aliphatic rings. The summed E-state index contributed by atoms with van der Waals surface area (Å²) in [6, 6.07) is 19.0. The Morgan fingerprint density at radius 2 is 1.91 bits per heavy atom. The van der Waals surface area contributed by atoms with E-state index in [-0.39, 0.29) is 11.7 Å². The van der Waals surface area contributed by atoms with Crippen molar-refractivity contribution in [3.63, 3.8) is 0 Å². The largest absolute Gasteiger partial charge is 0.493 e. The molecule has 0 spiro atoms. The summed E-state index contributed by atoms with van der Waals surface area (Å²) in [4.78, 5) is 13.0. The smallest absolute Gasteiger partial charge is 0.250 e. The average Bonchev–Trinajstić information content (AvgIpc) is 2.79. The number of halogens is 3. The van der Waals surface area contributed by atoms with Crippen LogP contribution in [0.25, 0.3) is 0 Å². The SMILES string of the molecule is COc1cc(/C=N\NC(=O)CSc2ccc(Cl)cc2)cc(I)c1OCc1ccc(Br)cc1. The maximum atomic E-state index is 12.0. The number of benzene rings is 3. The van der Waals surface area contributed by atoms with Crippen LogP contribution in [0.4, 0.5) is 0 Å². The number of methoxy groups -OCH3 is 1. The van der Waals surface area contributed by atoms with Gasteiger partial charge in [-0.1, -0.05) is 39.7 Å². The van der Waals surface area contributed by atoms with Crippen molar-refractivity contribution in [2.45, 2.75) is 11.5 Å². The van der Waals surface area contributed by atoms with E-state index in [0.717, 1.165) is 24.1 Å². The first-order chi connectivity index (χ1) is 15.4. The van der Waals surface area contributed by atoms with Crippen molar-refractivity contribution < 1.29 is 14.3 Å². The van der Waals surface area contributed by atoms with Gasteiger partial charge in [-0.3, -0.25) is 4.79 Å². The van der Waals surface area contributed by atoms with Crippen molar-refractivity contribution in [3.8, 4) is 11.5 Å². The highest BCUT2D eigenvalue weighted by Gasteiger charge is 2.12. The molecule has 0 bridgehead atoms. The summed E-state index contributed by atoms with van der Waals surface area (Å²) in [5.41, 5.74) is 4.38. The highest BCUT2D eigenvalue weighted by atomic mass is 127. The summed E-state index contributed by atoms with van der Waals surface area (Å²) in [6.45, 7) is 0.425. The van der Waals surface area contributed by atoms with E-state index in [2.05, 4.69) is 49.0 Å². The number of hydrogen-bond acceptors (Lipinski definition) is 5. The van der Waals surface area contributed by atoms with E-state index in [4.69, 9.17) is 21.1 Å². The van der Waals surface area contributed by atoms with E-state index in [0.29, 0.717) is 23.1 Å². The minimum Gasteiger partial charge on any atom is -0.493 e. The van der Waals surface area contributed by atoms with Gasteiger partial charge in [-0.05, 0) is 82.2 Å². The van der Waals surface area contributed by atoms with E-state index in [1.165, 1.54) is 11.8 Å². The second-order valence-corrected chi connectivity index (χ2v) is 10.0. The predicted molar refractivity (Wildman–Crippen MR) is 142 cm³/mol. The molecular formula is C23H19BrClIN2O3S. The van der Waals surface area contributed by atoms with Gasteiger partial charge in [0.1, 0.15) is 6.61 Å². The van der Waals surface area contributed by atoms with Crippen molar-refractivity contribution in [2.24, 2.45) is 5.10 Å². The molecule has 1 N–H and O–H groups in total. The minimum absolute atomic E-state index is 0.197. The van der Waals surface area contributed by atoms with Gasteiger partial charge in [-0.25, -0.2) is 5.43 Å². The Kier molecular flexibility index (Phi) is 9.70. The Morgan fingerprint density at radius 3 is 2.59 bits per heavy atom. The molecule has 0 fully saturated rings. The zero-order chi connectivity index (χ0) is 22.9. The van der Waals surface area contributed by atoms with Gasteiger partial charge in [-0.2, -0.15) is 5.10 Å². The first-order valence-electron chi connectivity index (χ1n) is 9.39. The van der Waals surface area contributed by atoms with Crippen LogP contribution >= 0.6 is 61.9 Å². The molecule has 166 valence electrons. The topological polar surface area (TPSA) is 59.9 Å². The maximum Gasteiger partial charge on any atom is 0.250 e. The molecule has 0 aromatic heterocycles. The number of thioether (sulfide) groups is 1. The van der Waals surface area contributed by atoms with Gasteiger partial charge >= 0.3 is 0 Å². The van der Waals surface area contributed by atoms with Crippen molar-refractivity contribution in [1.82, 2.24) is 5.43 Å². The lowest BCUT2D eigenvalue weighted by Crippen LogP contribution is -2.19. The van der Waals surface area contributed by atoms with Crippen LogP contribution in [-0.4, -0.2) is 25.0 Å². The molecular weight excluding hydrogens is 627 g/mol. The van der Waals surface area contributed by atoms with Gasteiger partial charge in [0.2, 0.25) is 5.91 Å². The second kappa shape index (κ2) is 12.5. The van der Waals surface area contributed by atoms with Gasteiger partial charge in [0.25, 0.3) is 0 Å². The second-order valence-electron chi connectivity index (χ2n) is 6.49. The number of hydrogen-bond donors (Lipinski definition) is 1. The van der Waals surface area contributed by atoms with Gasteiger partial charge in [0.05, 0.1) is 22.6 Å². The third kappa shape index (κ3) is 7.68. The number of rotatable bonds is 9. The minimum atomic E-state index is -0.197. The van der Waals surface area contributed by atoms with E-state index < -0.39 is 0 Å². The fourth-order valence-corrected chi connectivity index (χ4v) is 4.44. The quantitative estimate of drug-likeness (QED) is 0.124. The third-order valence-corrected chi connectivity index (χ3v) is 6.73. The highest BCUT2D eigenvalue weighted by molar-refractivity contribution is 14.1. The fraction of sp³-hybridized carbons (Fsp3) is 0.130. The number of nitrogens with one attached hydrogen (secondary N) is 1. The summed E-state index contributed by atoms with van der Waals surface area (Å²) in [5, 5.41) is 4.72. The van der Waals surface area contributed by atoms with E-state index in [9.17, 15) is 4.79 Å². The third-order valence-electron chi connectivity index (χ3n) is 4.13. The summed E-state index contributed by atoms with van der Waals surface area (Å²) in [5.74, 6) is 1.32. The van der Waals surface area contributed by atoms with Crippen molar-refractivity contribution >= 4 is 74.0 Å². The van der Waals surface area contributed by atoms with Gasteiger partial charge in [0.15, 0.2) is 11.5 Å². The van der Waals surface area contributed by atoms with Crippen LogP contribution in [0.5, 0.6) is 11.5 Å². The fourth-order valence-electron chi connectivity index (χ4n) is 2.58. The van der Waals surface area contributed by atoms with Gasteiger partial charge in [-0.15, -0.1) is 11.8 Å². The van der Waals surface area contributed by atoms with E-state index in [1.54, 1.807) is 25.5 Å². The van der Waals surface area contributed by atoms with Crippen LogP contribution in [0.3, 0.4) is 0 Å². The van der Waals surface area contributed by atoms with Crippen molar-refractivity contribution in [1.29, 1.82) is 0 Å². The zero-order valence-electron chi connectivity index (χ0n) is 17.0. The number of carbonyl (C=O) groups excluding carboxylic acids is 1. The molecule has 3 aromatic rings. The maximum absolute atomic E-state index is 12.0. The Labute approximate surface area is 218 Å². The highest BCUT2D eigenvalue weighted by Crippen LogP contribution is 2.34. The number of nitrogens with zero attached hydrogens (tertiary/aromatic N) is 1. The molecule has 0 aliphatic carbocycles. The zero-order valence-corrected chi connectivity index (χ0v) is 22.3. The standard InChI is InChI=1S/C23H19BrClIN2O3S/c1-30-21-11-16(10-20(26)23(21)31-13-15-2-4-17(24)5-3-15)12-27-28-22(29)14-32-19-8-6-18(25)7-9-19/h2-12H,13-14H2,1H3,(H,28,29)/b27-12-. The number of ether oxygens (including phenoxy) is 2. The van der Waals surface area contributed by atoms with Gasteiger partial charge < -0.3 is 9.47 Å². The predicted octanol–water partition coefficient (Wildman–Crippen LogP) is 6.54. The molecule has 0 aliphatic heterocycles. The Balaban J connectivity index is 1.57. The molecule has 5 nitrogen and oxygen atoms in total. The molecule has 1 amide bonds. The number of carbonyl (C=O) groups is 1. The molecule has 0 atom stereocenters. The van der Waals surface area contributed by atoms with Crippen LogP contribution in [0.15, 0.2) is 75.1 Å². The molecule has 0 saturated carbocycles. The molecule has 0 radical (unpaired) electrons. The summed E-state index contributed by atoms with van der Waals surface area (Å²) in [7, 11) is 1.59. The van der Waals surface area contributed by atoms with Gasteiger partial charge in [0, 0.05) is 14.4 Å². The lowest BCUT2D eigenvalue weighted by Gasteiger charge is -2.13. The Hall–Kier alpha value is -1.75. The van der Waals surface area contributed by atoms with Crippen LogP contribution in [0.1, 0.15) is 11.1 Å². The normalized spacial score (nSPS) is 10.9. The Bertz CT molecular complexity index is 1100. The molecule has 9 heteroatoms. The van der Waals surface area contributed by atoms with E-state index >= 15 is 0 Å². The van der Waals surface area contributed by atoms with Crippen LogP contribution < -0.4 is 14.9 Å².